The second-order valence-electron chi connectivity index (χ2n) is 7.28. The van der Waals surface area contributed by atoms with Crippen molar-refractivity contribution in [1.29, 1.82) is 0 Å². The second kappa shape index (κ2) is 7.60. The predicted molar refractivity (Wildman–Crippen MR) is 106 cm³/mol. The molecule has 5 heteroatoms. The lowest BCUT2D eigenvalue weighted by Crippen LogP contribution is -2.11. The van der Waals surface area contributed by atoms with Crippen LogP contribution in [0.1, 0.15) is 40.3 Å². The molecule has 0 aromatic heterocycles. The summed E-state index contributed by atoms with van der Waals surface area (Å²) < 4.78 is 65.5. The standard InChI is InChI=1S/C25H17F5/c1-2-15-5-9-20-18(11-15)7-8-19-12-16(6-10-21(19)20)3-4-17-13-22(26)24(23(27)14-17)25(28,29)30/h5-6,9-14H,2,7-8H2,1H3. The van der Waals surface area contributed by atoms with Gasteiger partial charge in [0.05, 0.1) is 0 Å². The Kier molecular flexibility index (Phi) is 5.11. The van der Waals surface area contributed by atoms with E-state index in [1.807, 2.05) is 18.2 Å². The Bertz CT molecular complexity index is 1170. The number of benzene rings is 3. The molecule has 3 aromatic carbocycles. The van der Waals surface area contributed by atoms with E-state index in [1.54, 1.807) is 0 Å². The highest BCUT2D eigenvalue weighted by atomic mass is 19.4. The largest absolute Gasteiger partial charge is 0.422 e. The molecule has 1 aliphatic rings. The highest BCUT2D eigenvalue weighted by Gasteiger charge is 2.37. The first-order chi connectivity index (χ1) is 14.3. The molecule has 152 valence electrons. The van der Waals surface area contributed by atoms with Crippen LogP contribution in [0, 0.1) is 23.5 Å². The van der Waals surface area contributed by atoms with E-state index in [0.717, 1.165) is 30.4 Å². The smallest absolute Gasteiger partial charge is 0.206 e. The molecular weight excluding hydrogens is 395 g/mol. The molecule has 0 saturated heterocycles. The fraction of sp³-hybridized carbons (Fsp3) is 0.200. The molecule has 0 atom stereocenters. The summed E-state index contributed by atoms with van der Waals surface area (Å²) in [5.41, 5.74) is 4.68. The molecule has 0 radical (unpaired) electrons. The summed E-state index contributed by atoms with van der Waals surface area (Å²) in [4.78, 5) is 0. The first-order valence-electron chi connectivity index (χ1n) is 9.59. The van der Waals surface area contributed by atoms with Gasteiger partial charge < -0.3 is 0 Å². The molecule has 0 N–H and O–H groups in total. The van der Waals surface area contributed by atoms with Gasteiger partial charge in [-0.05, 0) is 71.3 Å². The van der Waals surface area contributed by atoms with Crippen molar-refractivity contribution in [3.63, 3.8) is 0 Å². The van der Waals surface area contributed by atoms with E-state index in [2.05, 4.69) is 37.0 Å². The molecule has 0 amide bonds. The van der Waals surface area contributed by atoms with E-state index < -0.39 is 23.4 Å². The van der Waals surface area contributed by atoms with E-state index in [0.29, 0.717) is 17.7 Å². The minimum absolute atomic E-state index is 0.145. The van der Waals surface area contributed by atoms with Crippen molar-refractivity contribution in [1.82, 2.24) is 0 Å². The van der Waals surface area contributed by atoms with Gasteiger partial charge in [-0.15, -0.1) is 0 Å². The third kappa shape index (κ3) is 3.82. The van der Waals surface area contributed by atoms with Gasteiger partial charge in [0.2, 0.25) is 0 Å². The molecule has 0 unspecified atom stereocenters. The highest BCUT2D eigenvalue weighted by Crippen LogP contribution is 2.35. The van der Waals surface area contributed by atoms with E-state index in [-0.39, 0.29) is 5.56 Å². The molecule has 0 heterocycles. The summed E-state index contributed by atoms with van der Waals surface area (Å²) in [7, 11) is 0. The second-order valence-corrected chi connectivity index (χ2v) is 7.28. The van der Waals surface area contributed by atoms with E-state index in [1.165, 1.54) is 16.7 Å². The molecular formula is C25H17F5. The van der Waals surface area contributed by atoms with Crippen LogP contribution in [0.4, 0.5) is 22.0 Å². The van der Waals surface area contributed by atoms with Crippen LogP contribution in [-0.2, 0) is 25.4 Å². The van der Waals surface area contributed by atoms with Crippen molar-refractivity contribution in [3.05, 3.63) is 93.5 Å². The molecule has 3 aromatic rings. The number of halogens is 5. The number of fused-ring (bicyclic) bond motifs is 3. The molecule has 30 heavy (non-hydrogen) atoms. The SMILES string of the molecule is CCc1ccc2c(c1)CCc1cc(C#Cc3cc(F)c(C(F)(F)F)c(F)c3)ccc1-2. The predicted octanol–water partition coefficient (Wildman–Crippen LogP) is 6.71. The first kappa shape index (κ1) is 20.2. The van der Waals surface area contributed by atoms with Gasteiger partial charge in [-0.25, -0.2) is 8.78 Å². The summed E-state index contributed by atoms with van der Waals surface area (Å²) in [6.45, 7) is 2.12. The maximum Gasteiger partial charge on any atom is 0.422 e. The number of rotatable bonds is 1. The summed E-state index contributed by atoms with van der Waals surface area (Å²) in [6, 6.07) is 13.4. The monoisotopic (exact) mass is 412 g/mol. The Hall–Kier alpha value is -3.13. The van der Waals surface area contributed by atoms with Crippen LogP contribution < -0.4 is 0 Å². The van der Waals surface area contributed by atoms with Gasteiger partial charge in [0.15, 0.2) is 0 Å². The van der Waals surface area contributed by atoms with Gasteiger partial charge in [0.25, 0.3) is 0 Å². The van der Waals surface area contributed by atoms with Gasteiger partial charge in [0, 0.05) is 11.1 Å². The van der Waals surface area contributed by atoms with Crippen LogP contribution in [0.5, 0.6) is 0 Å². The maximum atomic E-state index is 13.7. The van der Waals surface area contributed by atoms with Crippen molar-refractivity contribution in [3.8, 4) is 23.0 Å². The van der Waals surface area contributed by atoms with Crippen LogP contribution in [0.3, 0.4) is 0 Å². The fourth-order valence-corrected chi connectivity index (χ4v) is 3.81. The van der Waals surface area contributed by atoms with Crippen molar-refractivity contribution < 1.29 is 22.0 Å². The Morgan fingerprint density at radius 3 is 1.93 bits per heavy atom. The van der Waals surface area contributed by atoms with Crippen LogP contribution >= 0.6 is 0 Å². The van der Waals surface area contributed by atoms with Crippen molar-refractivity contribution >= 4 is 0 Å². The molecule has 0 saturated carbocycles. The molecule has 4 rings (SSSR count). The first-order valence-corrected chi connectivity index (χ1v) is 9.59. The minimum Gasteiger partial charge on any atom is -0.206 e. The quantitative estimate of drug-likeness (QED) is 0.308. The molecule has 1 aliphatic carbocycles. The zero-order valence-electron chi connectivity index (χ0n) is 16.1. The van der Waals surface area contributed by atoms with Gasteiger partial charge in [-0.2, -0.15) is 13.2 Å². The topological polar surface area (TPSA) is 0 Å². The Balaban J connectivity index is 1.65. The normalized spacial score (nSPS) is 12.6. The lowest BCUT2D eigenvalue weighted by atomic mass is 9.84. The van der Waals surface area contributed by atoms with E-state index >= 15 is 0 Å². The lowest BCUT2D eigenvalue weighted by Gasteiger charge is -2.20. The zero-order valence-corrected chi connectivity index (χ0v) is 16.1. The van der Waals surface area contributed by atoms with Crippen molar-refractivity contribution in [2.45, 2.75) is 32.4 Å². The number of hydrogen-bond acceptors (Lipinski definition) is 0. The van der Waals surface area contributed by atoms with E-state index in [9.17, 15) is 22.0 Å². The van der Waals surface area contributed by atoms with Crippen LogP contribution in [0.2, 0.25) is 0 Å². The zero-order chi connectivity index (χ0) is 21.5. The van der Waals surface area contributed by atoms with Crippen molar-refractivity contribution in [2.24, 2.45) is 0 Å². The van der Waals surface area contributed by atoms with Gasteiger partial charge >= 0.3 is 6.18 Å². The van der Waals surface area contributed by atoms with Gasteiger partial charge in [-0.1, -0.05) is 43.0 Å². The summed E-state index contributed by atoms with van der Waals surface area (Å²) >= 11 is 0. The Morgan fingerprint density at radius 1 is 0.767 bits per heavy atom. The maximum absolute atomic E-state index is 13.7. The average molecular weight is 412 g/mol. The third-order valence-corrected chi connectivity index (χ3v) is 5.31. The highest BCUT2D eigenvalue weighted by molar-refractivity contribution is 5.74. The lowest BCUT2D eigenvalue weighted by molar-refractivity contribution is -0.142. The fourth-order valence-electron chi connectivity index (χ4n) is 3.81. The van der Waals surface area contributed by atoms with Crippen LogP contribution in [0.15, 0.2) is 48.5 Å². The van der Waals surface area contributed by atoms with Gasteiger partial charge in [-0.3, -0.25) is 0 Å². The van der Waals surface area contributed by atoms with Crippen LogP contribution in [0.25, 0.3) is 11.1 Å². The number of hydrogen-bond donors (Lipinski definition) is 0. The molecule has 0 fully saturated rings. The number of alkyl halides is 3. The Morgan fingerprint density at radius 2 is 1.33 bits per heavy atom. The van der Waals surface area contributed by atoms with Crippen LogP contribution in [-0.4, -0.2) is 0 Å². The van der Waals surface area contributed by atoms with Crippen molar-refractivity contribution in [2.75, 3.05) is 0 Å². The summed E-state index contributed by atoms with van der Waals surface area (Å²) in [5, 5.41) is 0. The number of aryl methyl sites for hydroxylation is 3. The molecule has 0 nitrogen and oxygen atoms in total. The molecule has 0 bridgehead atoms. The Labute approximate surface area is 171 Å². The molecule has 0 aliphatic heterocycles. The van der Waals surface area contributed by atoms with E-state index in [4.69, 9.17) is 0 Å². The summed E-state index contributed by atoms with van der Waals surface area (Å²) in [5.74, 6) is 2.03. The third-order valence-electron chi connectivity index (χ3n) is 5.31. The summed E-state index contributed by atoms with van der Waals surface area (Å²) in [6.07, 6.45) is -2.33. The molecule has 0 spiro atoms. The van der Waals surface area contributed by atoms with Gasteiger partial charge in [0.1, 0.15) is 17.2 Å². The minimum atomic E-state index is -5.09. The average Bonchev–Trinajstić information content (AvgIpc) is 2.69.